The number of rotatable bonds is 4. The molecule has 0 saturated carbocycles. The van der Waals surface area contributed by atoms with E-state index in [-0.39, 0.29) is 34.9 Å². The van der Waals surface area contributed by atoms with Crippen LogP contribution in [0.1, 0.15) is 38.8 Å². The fourth-order valence-corrected chi connectivity index (χ4v) is 4.11. The number of fused-ring (bicyclic) bond motifs is 2. The van der Waals surface area contributed by atoms with Crippen molar-refractivity contribution in [1.29, 1.82) is 0 Å². The second kappa shape index (κ2) is 7.83. The summed E-state index contributed by atoms with van der Waals surface area (Å²) in [5, 5.41) is 21.3. The van der Waals surface area contributed by atoms with Crippen LogP contribution in [-0.2, 0) is 0 Å². The lowest BCUT2D eigenvalue weighted by molar-refractivity contribution is -0.385. The first-order valence-electron chi connectivity index (χ1n) is 10.1. The Balaban J connectivity index is 1.69. The number of benzene rings is 3. The maximum atomic E-state index is 13.4. The van der Waals surface area contributed by atoms with Crippen LogP contribution in [-0.4, -0.2) is 26.8 Å². The summed E-state index contributed by atoms with van der Waals surface area (Å²) in [6.07, 6.45) is -0.753. The summed E-state index contributed by atoms with van der Waals surface area (Å²) in [7, 11) is 0. The van der Waals surface area contributed by atoms with Crippen LogP contribution in [0, 0.1) is 10.1 Å². The molecule has 5 rings (SSSR count). The number of nitrogens with zero attached hydrogens (tertiary/aromatic N) is 2. The Labute approximate surface area is 187 Å². The molecular formula is C25H16N2O6. The van der Waals surface area contributed by atoms with Crippen molar-refractivity contribution in [2.75, 3.05) is 0 Å². The van der Waals surface area contributed by atoms with Crippen LogP contribution >= 0.6 is 0 Å². The Kier molecular flexibility index (Phi) is 4.82. The number of carbonyl (C=O) groups is 2. The summed E-state index contributed by atoms with van der Waals surface area (Å²) in [6.45, 7) is 0. The highest BCUT2D eigenvalue weighted by atomic mass is 16.6. The van der Waals surface area contributed by atoms with Gasteiger partial charge in [-0.1, -0.05) is 42.5 Å². The number of non-ortho nitro benzene ring substituents is 1. The van der Waals surface area contributed by atoms with Gasteiger partial charge in [-0.3, -0.25) is 14.9 Å². The molecule has 0 spiro atoms. The van der Waals surface area contributed by atoms with Gasteiger partial charge in [0, 0.05) is 23.1 Å². The zero-order chi connectivity index (χ0) is 23.1. The van der Waals surface area contributed by atoms with Gasteiger partial charge >= 0.3 is 5.97 Å². The number of para-hydroxylation sites is 1. The highest BCUT2D eigenvalue weighted by Crippen LogP contribution is 2.42. The van der Waals surface area contributed by atoms with E-state index in [1.165, 1.54) is 24.3 Å². The second-order valence-corrected chi connectivity index (χ2v) is 7.66. The van der Waals surface area contributed by atoms with Crippen molar-refractivity contribution in [2.24, 2.45) is 0 Å². The summed E-state index contributed by atoms with van der Waals surface area (Å²) >= 11 is 0. The Morgan fingerprint density at radius 1 is 1.03 bits per heavy atom. The maximum absolute atomic E-state index is 13.4. The largest absolute Gasteiger partial charge is 0.478 e. The smallest absolute Gasteiger partial charge is 0.335 e. The molecule has 0 unspecified atom stereocenters. The summed E-state index contributed by atoms with van der Waals surface area (Å²) in [6, 6.07) is 19.6. The van der Waals surface area contributed by atoms with Crippen molar-refractivity contribution in [3.05, 3.63) is 99.6 Å². The minimum absolute atomic E-state index is 0.0280. The molecule has 8 nitrogen and oxygen atoms in total. The molecule has 2 heterocycles. The van der Waals surface area contributed by atoms with E-state index in [9.17, 15) is 24.8 Å². The topological polar surface area (TPSA) is 120 Å². The zero-order valence-corrected chi connectivity index (χ0v) is 17.1. The van der Waals surface area contributed by atoms with Crippen molar-refractivity contribution in [2.45, 2.75) is 12.5 Å². The third-order valence-corrected chi connectivity index (χ3v) is 5.61. The third-order valence-electron chi connectivity index (χ3n) is 5.61. The SMILES string of the molecule is O=C(O)c1cccc(-c2c3c(nc4ccccc24)O[C@@H](c2cccc([N+](=O)[O-])c2)CC3=O)c1. The van der Waals surface area contributed by atoms with Gasteiger partial charge in [-0.25, -0.2) is 9.78 Å². The lowest BCUT2D eigenvalue weighted by atomic mass is 9.89. The number of aromatic nitrogens is 1. The van der Waals surface area contributed by atoms with Crippen LogP contribution in [0.5, 0.6) is 5.88 Å². The van der Waals surface area contributed by atoms with Crippen molar-refractivity contribution >= 4 is 28.3 Å². The van der Waals surface area contributed by atoms with Gasteiger partial charge < -0.3 is 9.84 Å². The quantitative estimate of drug-likeness (QED) is 0.341. The summed E-state index contributed by atoms with van der Waals surface area (Å²) in [4.78, 5) is 40.1. The van der Waals surface area contributed by atoms with Crippen LogP contribution in [0.3, 0.4) is 0 Å². The number of carboxylic acids is 1. The molecule has 0 saturated heterocycles. The molecule has 0 aliphatic carbocycles. The molecule has 0 amide bonds. The van der Waals surface area contributed by atoms with Crippen LogP contribution in [0.4, 0.5) is 5.69 Å². The number of hydrogen-bond donors (Lipinski definition) is 1. The zero-order valence-electron chi connectivity index (χ0n) is 17.1. The maximum Gasteiger partial charge on any atom is 0.335 e. The van der Waals surface area contributed by atoms with Crippen LogP contribution < -0.4 is 4.74 Å². The van der Waals surface area contributed by atoms with E-state index in [1.807, 2.05) is 18.2 Å². The molecule has 33 heavy (non-hydrogen) atoms. The standard InChI is InChI=1S/C25H16N2O6/c28-20-13-21(14-5-4-8-17(12-14)27(31)32)33-24-23(20)22(18-9-1-2-10-19(18)26-24)15-6-3-7-16(11-15)25(29)30/h1-12,21H,13H2,(H,29,30)/t21-/m1/s1. The van der Waals surface area contributed by atoms with E-state index in [4.69, 9.17) is 4.74 Å². The van der Waals surface area contributed by atoms with Gasteiger partial charge in [-0.2, -0.15) is 0 Å². The van der Waals surface area contributed by atoms with Crippen molar-refractivity contribution in [3.8, 4) is 17.0 Å². The van der Waals surface area contributed by atoms with E-state index < -0.39 is 17.0 Å². The van der Waals surface area contributed by atoms with E-state index in [2.05, 4.69) is 4.98 Å². The van der Waals surface area contributed by atoms with Crippen LogP contribution in [0.2, 0.25) is 0 Å². The van der Waals surface area contributed by atoms with Crippen molar-refractivity contribution in [3.63, 3.8) is 0 Å². The number of nitro groups is 1. The highest BCUT2D eigenvalue weighted by Gasteiger charge is 2.33. The molecule has 4 aromatic rings. The van der Waals surface area contributed by atoms with Gasteiger partial charge in [0.2, 0.25) is 5.88 Å². The predicted octanol–water partition coefficient (Wildman–Crippen LogP) is 5.21. The average molecular weight is 440 g/mol. The number of hydrogen-bond acceptors (Lipinski definition) is 6. The first-order chi connectivity index (χ1) is 15.9. The van der Waals surface area contributed by atoms with Gasteiger partial charge in [0.05, 0.1) is 28.0 Å². The second-order valence-electron chi connectivity index (χ2n) is 7.66. The molecule has 1 aliphatic heterocycles. The number of aromatic carboxylic acids is 1. The molecule has 1 atom stereocenters. The summed E-state index contributed by atoms with van der Waals surface area (Å²) < 4.78 is 6.10. The number of carbonyl (C=O) groups excluding carboxylic acids is 1. The molecule has 1 aliphatic rings. The van der Waals surface area contributed by atoms with E-state index in [1.54, 1.807) is 30.3 Å². The Morgan fingerprint density at radius 2 is 1.82 bits per heavy atom. The van der Waals surface area contributed by atoms with E-state index in [0.717, 1.165) is 0 Å². The molecule has 1 N–H and O–H groups in total. The molecule has 0 radical (unpaired) electrons. The lowest BCUT2D eigenvalue weighted by Gasteiger charge is -2.27. The van der Waals surface area contributed by atoms with Crippen LogP contribution in [0.25, 0.3) is 22.0 Å². The Morgan fingerprint density at radius 3 is 2.61 bits per heavy atom. The number of ketones is 1. The number of ether oxygens (including phenoxy) is 1. The molecule has 1 aromatic heterocycles. The summed E-state index contributed by atoms with van der Waals surface area (Å²) in [5.41, 5.74) is 2.49. The van der Waals surface area contributed by atoms with Gasteiger partial charge in [-0.15, -0.1) is 0 Å². The van der Waals surface area contributed by atoms with Crippen LogP contribution in [0.15, 0.2) is 72.8 Å². The monoisotopic (exact) mass is 440 g/mol. The lowest BCUT2D eigenvalue weighted by Crippen LogP contribution is -2.22. The predicted molar refractivity (Wildman–Crippen MR) is 120 cm³/mol. The minimum atomic E-state index is -1.07. The van der Waals surface area contributed by atoms with Gasteiger partial charge in [-0.05, 0) is 29.3 Å². The van der Waals surface area contributed by atoms with E-state index >= 15 is 0 Å². The van der Waals surface area contributed by atoms with Crippen molar-refractivity contribution in [1.82, 2.24) is 4.98 Å². The molecule has 162 valence electrons. The average Bonchev–Trinajstić information content (AvgIpc) is 2.82. The normalized spacial score (nSPS) is 15.0. The Hall–Kier alpha value is -4.59. The number of carboxylic acid groups (broad SMARTS) is 1. The summed E-state index contributed by atoms with van der Waals surface area (Å²) in [5.74, 6) is -1.18. The number of Topliss-reactive ketones (excluding diaryl/α,β-unsaturated/α-hetero) is 1. The van der Waals surface area contributed by atoms with Gasteiger partial charge in [0.15, 0.2) is 5.78 Å². The Bertz CT molecular complexity index is 1460. The third kappa shape index (κ3) is 3.57. The van der Waals surface area contributed by atoms with Crippen molar-refractivity contribution < 1.29 is 24.4 Å². The first kappa shape index (κ1) is 20.3. The van der Waals surface area contributed by atoms with Gasteiger partial charge in [0.1, 0.15) is 6.10 Å². The number of pyridine rings is 1. The van der Waals surface area contributed by atoms with E-state index in [0.29, 0.717) is 27.6 Å². The minimum Gasteiger partial charge on any atom is -0.478 e. The molecule has 0 bridgehead atoms. The molecule has 0 fully saturated rings. The fraction of sp³-hybridized carbons (Fsp3) is 0.0800. The molecular weight excluding hydrogens is 424 g/mol. The number of nitro benzene ring substituents is 1. The fourth-order valence-electron chi connectivity index (χ4n) is 4.11. The molecule has 8 heteroatoms. The molecule has 3 aromatic carbocycles. The van der Waals surface area contributed by atoms with Gasteiger partial charge in [0.25, 0.3) is 5.69 Å². The first-order valence-corrected chi connectivity index (χ1v) is 10.1. The highest BCUT2D eigenvalue weighted by molar-refractivity contribution is 6.12.